The summed E-state index contributed by atoms with van der Waals surface area (Å²) in [6.07, 6.45) is 3.32. The number of nitrogens with two attached hydrogens (primary N) is 1. The third-order valence-electron chi connectivity index (χ3n) is 3.13. The number of likely N-dealkylation sites (N-methyl/N-ethyl adjacent to an activating group) is 1. The molecule has 0 spiro atoms. The van der Waals surface area contributed by atoms with Gasteiger partial charge in [-0.3, -0.25) is 4.90 Å². The number of ether oxygens (including phenoxy) is 1. The van der Waals surface area contributed by atoms with Gasteiger partial charge in [0.2, 0.25) is 0 Å². The lowest BCUT2D eigenvalue weighted by molar-refractivity contribution is 0.0536. The molecule has 15 heavy (non-hydrogen) atoms. The van der Waals surface area contributed by atoms with Gasteiger partial charge in [0.15, 0.2) is 0 Å². The number of thiocarbonyl (C=S) groups is 1. The molecular weight excluding hydrogens is 208 g/mol. The van der Waals surface area contributed by atoms with Crippen molar-refractivity contribution >= 4 is 17.2 Å². The maximum Gasteiger partial charge on any atom is 0.0901 e. The Kier molecular flexibility index (Phi) is 5.50. The Balaban J connectivity index is 2.38. The van der Waals surface area contributed by atoms with Gasteiger partial charge in [-0.25, -0.2) is 0 Å². The SMILES string of the molecule is CCC(C(N)=S)N(C)CC1CCOCC1. The van der Waals surface area contributed by atoms with Gasteiger partial charge in [0.1, 0.15) is 0 Å². The van der Waals surface area contributed by atoms with Crippen LogP contribution in [0.2, 0.25) is 0 Å². The average Bonchev–Trinajstić information content (AvgIpc) is 2.19. The summed E-state index contributed by atoms with van der Waals surface area (Å²) >= 11 is 5.07. The Bertz CT molecular complexity index is 205. The van der Waals surface area contributed by atoms with Crippen LogP contribution in [0.5, 0.6) is 0 Å². The molecule has 0 radical (unpaired) electrons. The number of hydrogen-bond acceptors (Lipinski definition) is 3. The largest absolute Gasteiger partial charge is 0.392 e. The highest BCUT2D eigenvalue weighted by molar-refractivity contribution is 7.80. The standard InChI is InChI=1S/C11H22N2OS/c1-3-10(11(12)15)13(2)8-9-4-6-14-7-5-9/h9-10H,3-8H2,1-2H3,(H2,12,15). The summed E-state index contributed by atoms with van der Waals surface area (Å²) in [4.78, 5) is 2.91. The van der Waals surface area contributed by atoms with Crippen LogP contribution in [0.1, 0.15) is 26.2 Å². The van der Waals surface area contributed by atoms with Crippen LogP contribution in [0.25, 0.3) is 0 Å². The summed E-state index contributed by atoms with van der Waals surface area (Å²) in [5, 5.41) is 0. The molecule has 0 bridgehead atoms. The fourth-order valence-electron chi connectivity index (χ4n) is 2.19. The highest BCUT2D eigenvalue weighted by Crippen LogP contribution is 2.17. The molecule has 0 saturated carbocycles. The predicted octanol–water partition coefficient (Wildman–Crippen LogP) is 1.41. The topological polar surface area (TPSA) is 38.5 Å². The van der Waals surface area contributed by atoms with Crippen molar-refractivity contribution < 1.29 is 4.74 Å². The first kappa shape index (κ1) is 12.9. The summed E-state index contributed by atoms with van der Waals surface area (Å²) in [6, 6.07) is 0.253. The van der Waals surface area contributed by atoms with Crippen molar-refractivity contribution in [3.05, 3.63) is 0 Å². The van der Waals surface area contributed by atoms with Crippen LogP contribution < -0.4 is 5.73 Å². The quantitative estimate of drug-likeness (QED) is 0.725. The van der Waals surface area contributed by atoms with E-state index in [1.165, 1.54) is 0 Å². The monoisotopic (exact) mass is 230 g/mol. The minimum atomic E-state index is 0.253. The number of rotatable bonds is 5. The predicted molar refractivity (Wildman–Crippen MR) is 67.0 cm³/mol. The van der Waals surface area contributed by atoms with Gasteiger partial charge in [-0.1, -0.05) is 19.1 Å². The number of hydrogen-bond donors (Lipinski definition) is 1. The van der Waals surface area contributed by atoms with E-state index in [0.717, 1.165) is 44.9 Å². The molecule has 0 aromatic heterocycles. The van der Waals surface area contributed by atoms with E-state index >= 15 is 0 Å². The first-order valence-corrected chi connectivity index (χ1v) is 6.13. The molecule has 3 nitrogen and oxygen atoms in total. The van der Waals surface area contributed by atoms with Gasteiger partial charge in [0.05, 0.1) is 11.0 Å². The lowest BCUT2D eigenvalue weighted by Crippen LogP contribution is -2.43. The molecule has 1 atom stereocenters. The van der Waals surface area contributed by atoms with E-state index in [0.29, 0.717) is 4.99 Å². The summed E-state index contributed by atoms with van der Waals surface area (Å²) < 4.78 is 5.35. The molecule has 1 aliphatic heterocycles. The van der Waals surface area contributed by atoms with E-state index in [9.17, 15) is 0 Å². The summed E-state index contributed by atoms with van der Waals surface area (Å²) in [5.74, 6) is 0.743. The van der Waals surface area contributed by atoms with Gasteiger partial charge in [-0.05, 0) is 32.2 Å². The molecule has 1 unspecified atom stereocenters. The zero-order chi connectivity index (χ0) is 11.3. The average molecular weight is 230 g/mol. The van der Waals surface area contributed by atoms with Crippen molar-refractivity contribution in [2.75, 3.05) is 26.8 Å². The minimum Gasteiger partial charge on any atom is -0.392 e. The van der Waals surface area contributed by atoms with Crippen LogP contribution in [0.15, 0.2) is 0 Å². The minimum absolute atomic E-state index is 0.253. The lowest BCUT2D eigenvalue weighted by Gasteiger charge is -2.31. The van der Waals surface area contributed by atoms with Gasteiger partial charge >= 0.3 is 0 Å². The van der Waals surface area contributed by atoms with Gasteiger partial charge in [-0.2, -0.15) is 0 Å². The van der Waals surface area contributed by atoms with Crippen molar-refractivity contribution in [2.24, 2.45) is 11.7 Å². The highest BCUT2D eigenvalue weighted by Gasteiger charge is 2.21. The van der Waals surface area contributed by atoms with E-state index in [1.807, 2.05) is 0 Å². The van der Waals surface area contributed by atoms with Crippen LogP contribution in [0.3, 0.4) is 0 Å². The summed E-state index contributed by atoms with van der Waals surface area (Å²) in [7, 11) is 2.11. The van der Waals surface area contributed by atoms with Crippen molar-refractivity contribution in [3.8, 4) is 0 Å². The van der Waals surface area contributed by atoms with Crippen molar-refractivity contribution in [2.45, 2.75) is 32.2 Å². The van der Waals surface area contributed by atoms with E-state index in [-0.39, 0.29) is 6.04 Å². The van der Waals surface area contributed by atoms with Crippen molar-refractivity contribution in [1.29, 1.82) is 0 Å². The molecule has 1 heterocycles. The van der Waals surface area contributed by atoms with Crippen LogP contribution in [-0.2, 0) is 4.74 Å². The third-order valence-corrected chi connectivity index (χ3v) is 3.41. The molecule has 1 saturated heterocycles. The van der Waals surface area contributed by atoms with Gasteiger partial charge in [-0.15, -0.1) is 0 Å². The van der Waals surface area contributed by atoms with Crippen molar-refractivity contribution in [3.63, 3.8) is 0 Å². The fraction of sp³-hybridized carbons (Fsp3) is 0.909. The third kappa shape index (κ3) is 4.05. The molecule has 0 aromatic rings. The lowest BCUT2D eigenvalue weighted by atomic mass is 9.99. The first-order chi connectivity index (χ1) is 7.15. The second kappa shape index (κ2) is 6.40. The molecule has 0 aliphatic carbocycles. The van der Waals surface area contributed by atoms with Gasteiger partial charge in [0, 0.05) is 19.8 Å². The molecule has 1 fully saturated rings. The van der Waals surface area contributed by atoms with E-state index in [4.69, 9.17) is 22.7 Å². The molecular formula is C11H22N2OS. The zero-order valence-corrected chi connectivity index (χ0v) is 10.6. The molecule has 2 N–H and O–H groups in total. The molecule has 0 aromatic carbocycles. The van der Waals surface area contributed by atoms with Gasteiger partial charge < -0.3 is 10.5 Å². The second-order valence-electron chi connectivity index (χ2n) is 4.32. The summed E-state index contributed by atoms with van der Waals surface area (Å²) in [5.41, 5.74) is 5.72. The van der Waals surface area contributed by atoms with E-state index < -0.39 is 0 Å². The Morgan fingerprint density at radius 2 is 2.13 bits per heavy atom. The van der Waals surface area contributed by atoms with Crippen LogP contribution in [-0.4, -0.2) is 42.7 Å². The van der Waals surface area contributed by atoms with E-state index in [2.05, 4.69) is 18.9 Å². The van der Waals surface area contributed by atoms with Gasteiger partial charge in [0.25, 0.3) is 0 Å². The van der Waals surface area contributed by atoms with Crippen LogP contribution in [0, 0.1) is 5.92 Å². The first-order valence-electron chi connectivity index (χ1n) is 5.72. The Labute approximate surface area is 98.0 Å². The maximum atomic E-state index is 5.72. The Morgan fingerprint density at radius 3 is 2.60 bits per heavy atom. The molecule has 0 amide bonds. The summed E-state index contributed by atoms with van der Waals surface area (Å²) in [6.45, 7) is 5.02. The molecule has 4 heteroatoms. The second-order valence-corrected chi connectivity index (χ2v) is 4.79. The van der Waals surface area contributed by atoms with Crippen LogP contribution in [0.4, 0.5) is 0 Å². The van der Waals surface area contributed by atoms with Crippen molar-refractivity contribution in [1.82, 2.24) is 4.90 Å². The maximum absolute atomic E-state index is 5.72. The molecule has 1 aliphatic rings. The Hall–Kier alpha value is -0.190. The zero-order valence-electron chi connectivity index (χ0n) is 9.74. The smallest absolute Gasteiger partial charge is 0.0901 e. The van der Waals surface area contributed by atoms with E-state index in [1.54, 1.807) is 0 Å². The fourth-order valence-corrected chi connectivity index (χ4v) is 2.54. The number of nitrogens with zero attached hydrogens (tertiary/aromatic N) is 1. The molecule has 88 valence electrons. The van der Waals surface area contributed by atoms with Crippen LogP contribution >= 0.6 is 12.2 Å². The highest BCUT2D eigenvalue weighted by atomic mass is 32.1. The normalized spacial score (nSPS) is 20.5. The Morgan fingerprint density at radius 1 is 1.53 bits per heavy atom. The molecule has 1 rings (SSSR count).